The number of carbonyl (C=O) groups excluding carboxylic acids is 2. The van der Waals surface area contributed by atoms with E-state index in [2.05, 4.69) is 15.0 Å². The number of nitrogens with zero attached hydrogens (tertiary/aromatic N) is 4. The summed E-state index contributed by atoms with van der Waals surface area (Å²) < 4.78 is 7.23. The lowest BCUT2D eigenvalue weighted by atomic mass is 10.1. The van der Waals surface area contributed by atoms with Crippen molar-refractivity contribution in [3.8, 4) is 15.8 Å². The first-order valence-corrected chi connectivity index (χ1v) is 10.8. The first kappa shape index (κ1) is 20.1. The van der Waals surface area contributed by atoms with Gasteiger partial charge in [-0.3, -0.25) is 14.3 Å². The molecule has 0 aliphatic heterocycles. The van der Waals surface area contributed by atoms with Crippen LogP contribution in [0.4, 0.5) is 0 Å². The highest BCUT2D eigenvalue weighted by Crippen LogP contribution is 2.27. The summed E-state index contributed by atoms with van der Waals surface area (Å²) in [6, 6.07) is 7.30. The largest absolute Gasteiger partial charge is 0.453 e. The van der Waals surface area contributed by atoms with Crippen molar-refractivity contribution in [2.75, 3.05) is 6.61 Å². The molecule has 0 saturated heterocycles. The van der Waals surface area contributed by atoms with Crippen molar-refractivity contribution in [3.63, 3.8) is 0 Å². The second kappa shape index (κ2) is 8.29. The minimum Gasteiger partial charge on any atom is -0.453 e. The molecule has 0 saturated carbocycles. The molecule has 4 aromatic heterocycles. The van der Waals surface area contributed by atoms with Crippen LogP contribution in [0.2, 0.25) is 0 Å². The average Bonchev–Trinajstić information content (AvgIpc) is 3.46. The standard InChI is InChI=1S/C21H18N4O3S2/c1-12-10-15(14(3)25(12)21-23-8-9-29-21)17(26)11-28-20(27)18-13(2)24-19(30-18)16-6-4-5-7-22-16/h4-10H,11H2,1-3H3. The minimum atomic E-state index is -0.561. The third-order valence-electron chi connectivity index (χ3n) is 4.54. The van der Waals surface area contributed by atoms with Gasteiger partial charge < -0.3 is 4.74 Å². The van der Waals surface area contributed by atoms with Crippen molar-refractivity contribution in [2.24, 2.45) is 0 Å². The predicted octanol–water partition coefficient (Wildman–Crippen LogP) is 4.42. The van der Waals surface area contributed by atoms with Crippen LogP contribution in [0, 0.1) is 20.8 Å². The molecule has 0 fully saturated rings. The molecule has 4 rings (SSSR count). The Labute approximate surface area is 181 Å². The number of thiazole rings is 2. The minimum absolute atomic E-state index is 0.258. The van der Waals surface area contributed by atoms with Crippen molar-refractivity contribution in [2.45, 2.75) is 20.8 Å². The Kier molecular flexibility index (Phi) is 5.56. The number of aromatic nitrogens is 4. The Bertz CT molecular complexity index is 1210. The summed E-state index contributed by atoms with van der Waals surface area (Å²) in [7, 11) is 0. The second-order valence-corrected chi connectivity index (χ2v) is 8.45. The molecule has 0 amide bonds. The van der Waals surface area contributed by atoms with Crippen LogP contribution in [-0.4, -0.2) is 37.9 Å². The van der Waals surface area contributed by atoms with Crippen LogP contribution in [-0.2, 0) is 4.74 Å². The molecule has 152 valence electrons. The second-order valence-electron chi connectivity index (χ2n) is 6.58. The summed E-state index contributed by atoms with van der Waals surface area (Å²) in [6.45, 7) is 5.17. The Hall–Kier alpha value is -3.17. The van der Waals surface area contributed by atoms with Gasteiger partial charge in [0.2, 0.25) is 5.78 Å². The highest BCUT2D eigenvalue weighted by atomic mass is 32.1. The lowest BCUT2D eigenvalue weighted by Gasteiger charge is -2.06. The molecule has 0 unspecified atom stereocenters. The highest BCUT2D eigenvalue weighted by Gasteiger charge is 2.22. The number of aryl methyl sites for hydroxylation is 2. The molecular formula is C21H18N4O3S2. The van der Waals surface area contributed by atoms with E-state index in [9.17, 15) is 9.59 Å². The van der Waals surface area contributed by atoms with Crippen LogP contribution in [0.1, 0.15) is 37.1 Å². The van der Waals surface area contributed by atoms with Gasteiger partial charge in [-0.1, -0.05) is 6.07 Å². The fourth-order valence-corrected chi connectivity index (χ4v) is 4.81. The smallest absolute Gasteiger partial charge is 0.350 e. The van der Waals surface area contributed by atoms with Crippen molar-refractivity contribution in [3.05, 3.63) is 69.6 Å². The van der Waals surface area contributed by atoms with E-state index < -0.39 is 5.97 Å². The summed E-state index contributed by atoms with van der Waals surface area (Å²) in [5.41, 5.74) is 3.44. The van der Waals surface area contributed by atoms with E-state index in [-0.39, 0.29) is 12.4 Å². The zero-order valence-electron chi connectivity index (χ0n) is 16.6. The van der Waals surface area contributed by atoms with Gasteiger partial charge in [-0.25, -0.2) is 14.8 Å². The molecule has 30 heavy (non-hydrogen) atoms. The van der Waals surface area contributed by atoms with E-state index in [4.69, 9.17) is 4.74 Å². The Morgan fingerprint density at radius 2 is 1.97 bits per heavy atom. The molecule has 0 aliphatic carbocycles. The van der Waals surface area contributed by atoms with Gasteiger partial charge in [-0.2, -0.15) is 0 Å². The molecule has 9 heteroatoms. The van der Waals surface area contributed by atoms with Crippen LogP contribution >= 0.6 is 22.7 Å². The summed E-state index contributed by atoms with van der Waals surface area (Å²) in [6.07, 6.45) is 3.39. The van der Waals surface area contributed by atoms with Crippen LogP contribution in [0.15, 0.2) is 42.0 Å². The van der Waals surface area contributed by atoms with Crippen LogP contribution < -0.4 is 0 Å². The first-order valence-electron chi connectivity index (χ1n) is 9.13. The number of hydrogen-bond acceptors (Lipinski definition) is 8. The molecular weight excluding hydrogens is 420 g/mol. The van der Waals surface area contributed by atoms with Gasteiger partial charge >= 0.3 is 5.97 Å². The summed E-state index contributed by atoms with van der Waals surface area (Å²) >= 11 is 2.70. The Balaban J connectivity index is 1.48. The maximum atomic E-state index is 12.7. The highest BCUT2D eigenvalue weighted by molar-refractivity contribution is 7.17. The van der Waals surface area contributed by atoms with E-state index in [0.29, 0.717) is 26.8 Å². The van der Waals surface area contributed by atoms with E-state index >= 15 is 0 Å². The molecule has 0 N–H and O–H groups in total. The van der Waals surface area contributed by atoms with Crippen molar-refractivity contribution >= 4 is 34.4 Å². The summed E-state index contributed by atoms with van der Waals surface area (Å²) in [5.74, 6) is -0.819. The molecule has 4 aromatic rings. The number of ketones is 1. The van der Waals surface area contributed by atoms with Crippen molar-refractivity contribution < 1.29 is 14.3 Å². The molecule has 0 aliphatic rings. The molecule has 4 heterocycles. The monoisotopic (exact) mass is 438 g/mol. The van der Waals surface area contributed by atoms with Crippen LogP contribution in [0.3, 0.4) is 0 Å². The summed E-state index contributed by atoms with van der Waals surface area (Å²) in [5, 5.41) is 3.32. The number of Topliss-reactive ketones (excluding diaryl/α,β-unsaturated/α-hetero) is 1. The van der Waals surface area contributed by atoms with Crippen molar-refractivity contribution in [1.82, 2.24) is 19.5 Å². The van der Waals surface area contributed by atoms with Gasteiger partial charge in [-0.15, -0.1) is 22.7 Å². The SMILES string of the molecule is Cc1nc(-c2ccccn2)sc1C(=O)OCC(=O)c1cc(C)n(-c2nccs2)c1C. The Morgan fingerprint density at radius 3 is 2.67 bits per heavy atom. The number of hydrogen-bond donors (Lipinski definition) is 0. The number of esters is 1. The number of ether oxygens (including phenoxy) is 1. The van der Waals surface area contributed by atoms with Crippen LogP contribution in [0.5, 0.6) is 0 Å². The number of carbonyl (C=O) groups is 2. The molecule has 0 bridgehead atoms. The fourth-order valence-electron chi connectivity index (χ4n) is 3.12. The average molecular weight is 439 g/mol. The third-order valence-corrected chi connectivity index (χ3v) is 6.46. The van der Waals surface area contributed by atoms with Gasteiger partial charge in [0.05, 0.1) is 11.4 Å². The normalized spacial score (nSPS) is 10.9. The molecule has 0 aromatic carbocycles. The first-order chi connectivity index (χ1) is 14.5. The zero-order valence-corrected chi connectivity index (χ0v) is 18.2. The lowest BCUT2D eigenvalue weighted by molar-refractivity contribution is 0.0478. The van der Waals surface area contributed by atoms with E-state index in [0.717, 1.165) is 16.5 Å². The maximum Gasteiger partial charge on any atom is 0.350 e. The third kappa shape index (κ3) is 3.81. The number of rotatable bonds is 6. The maximum absolute atomic E-state index is 12.7. The molecule has 0 atom stereocenters. The van der Waals surface area contributed by atoms with Gasteiger partial charge in [0, 0.05) is 34.7 Å². The van der Waals surface area contributed by atoms with Crippen LogP contribution in [0.25, 0.3) is 15.8 Å². The zero-order chi connectivity index (χ0) is 21.3. The van der Waals surface area contributed by atoms with Crippen molar-refractivity contribution in [1.29, 1.82) is 0 Å². The summed E-state index contributed by atoms with van der Waals surface area (Å²) in [4.78, 5) is 38.6. The predicted molar refractivity (Wildman–Crippen MR) is 116 cm³/mol. The van der Waals surface area contributed by atoms with Gasteiger partial charge in [0.25, 0.3) is 0 Å². The van der Waals surface area contributed by atoms with E-state index in [1.54, 1.807) is 25.4 Å². The van der Waals surface area contributed by atoms with E-state index in [1.165, 1.54) is 22.7 Å². The molecule has 0 radical (unpaired) electrons. The lowest BCUT2D eigenvalue weighted by Crippen LogP contribution is -2.15. The Morgan fingerprint density at radius 1 is 1.13 bits per heavy atom. The molecule has 0 spiro atoms. The molecule has 7 nitrogen and oxygen atoms in total. The van der Waals surface area contributed by atoms with Gasteiger partial charge in [0.15, 0.2) is 11.7 Å². The fraction of sp³-hybridized carbons (Fsp3) is 0.190. The topological polar surface area (TPSA) is 87.0 Å². The quantitative estimate of drug-likeness (QED) is 0.327. The van der Waals surface area contributed by atoms with Gasteiger partial charge in [-0.05, 0) is 39.0 Å². The van der Waals surface area contributed by atoms with Gasteiger partial charge in [0.1, 0.15) is 9.88 Å². The van der Waals surface area contributed by atoms with E-state index in [1.807, 2.05) is 42.0 Å². The number of pyridine rings is 1.